The van der Waals surface area contributed by atoms with Gasteiger partial charge in [0.05, 0.1) is 11.0 Å². The SMILES string of the molecule is CCCc1c[c]c2c3c(C(N)=O)cccc3n(Cc3cc(Cl)ccc3Cl)c2c1. The van der Waals surface area contributed by atoms with Crippen molar-refractivity contribution in [3.8, 4) is 0 Å². The Hall–Kier alpha value is -2.49. The maximum Gasteiger partial charge on any atom is 0.249 e. The summed E-state index contributed by atoms with van der Waals surface area (Å²) in [6, 6.07) is 18.6. The molecule has 3 aromatic carbocycles. The first kappa shape index (κ1) is 18.9. The predicted octanol–water partition coefficient (Wildman–Crippen LogP) is 6.00. The predicted molar refractivity (Wildman–Crippen MR) is 116 cm³/mol. The van der Waals surface area contributed by atoms with Crippen LogP contribution in [-0.4, -0.2) is 10.5 Å². The van der Waals surface area contributed by atoms with E-state index in [0.29, 0.717) is 22.2 Å². The summed E-state index contributed by atoms with van der Waals surface area (Å²) in [6.07, 6.45) is 2.01. The minimum atomic E-state index is -0.448. The average Bonchev–Trinajstić information content (AvgIpc) is 2.98. The van der Waals surface area contributed by atoms with Gasteiger partial charge in [-0.3, -0.25) is 4.79 Å². The van der Waals surface area contributed by atoms with E-state index in [4.69, 9.17) is 28.9 Å². The lowest BCUT2D eigenvalue weighted by atomic mass is 10.0. The minimum Gasteiger partial charge on any atom is -0.366 e. The second kappa shape index (κ2) is 7.50. The highest BCUT2D eigenvalue weighted by Gasteiger charge is 2.17. The smallest absolute Gasteiger partial charge is 0.249 e. The number of halogens is 2. The summed E-state index contributed by atoms with van der Waals surface area (Å²) in [5, 5.41) is 3.00. The summed E-state index contributed by atoms with van der Waals surface area (Å²) in [4.78, 5) is 12.1. The van der Waals surface area contributed by atoms with E-state index in [0.717, 1.165) is 40.2 Å². The van der Waals surface area contributed by atoms with E-state index in [-0.39, 0.29) is 0 Å². The molecule has 0 fully saturated rings. The van der Waals surface area contributed by atoms with E-state index in [1.165, 1.54) is 5.56 Å². The molecular weight excluding hydrogens is 391 g/mol. The number of carbonyl (C=O) groups excluding carboxylic acids is 1. The Balaban J connectivity index is 2.03. The molecule has 0 saturated carbocycles. The van der Waals surface area contributed by atoms with Gasteiger partial charge in [0.15, 0.2) is 0 Å². The lowest BCUT2D eigenvalue weighted by molar-refractivity contribution is 0.100. The van der Waals surface area contributed by atoms with Gasteiger partial charge in [0.25, 0.3) is 0 Å². The van der Waals surface area contributed by atoms with Crippen molar-refractivity contribution in [3.63, 3.8) is 0 Å². The van der Waals surface area contributed by atoms with E-state index in [1.54, 1.807) is 18.2 Å². The van der Waals surface area contributed by atoms with Crippen LogP contribution in [0.5, 0.6) is 0 Å². The van der Waals surface area contributed by atoms with Crippen LogP contribution < -0.4 is 5.73 Å². The fraction of sp³-hybridized carbons (Fsp3) is 0.174. The minimum absolute atomic E-state index is 0.448. The zero-order chi connectivity index (χ0) is 19.8. The maximum atomic E-state index is 12.1. The Kier molecular flexibility index (Phi) is 5.05. The van der Waals surface area contributed by atoms with Gasteiger partial charge in [0.1, 0.15) is 0 Å². The fourth-order valence-electron chi connectivity index (χ4n) is 3.74. The Labute approximate surface area is 173 Å². The molecule has 0 aliphatic heterocycles. The van der Waals surface area contributed by atoms with Crippen molar-refractivity contribution in [2.75, 3.05) is 0 Å². The summed E-state index contributed by atoms with van der Waals surface area (Å²) >= 11 is 12.6. The van der Waals surface area contributed by atoms with E-state index in [9.17, 15) is 4.79 Å². The van der Waals surface area contributed by atoms with Gasteiger partial charge in [-0.15, -0.1) is 0 Å². The van der Waals surface area contributed by atoms with Crippen LogP contribution in [0.4, 0.5) is 0 Å². The van der Waals surface area contributed by atoms with E-state index in [1.807, 2.05) is 24.3 Å². The quantitative estimate of drug-likeness (QED) is 0.431. The van der Waals surface area contributed by atoms with Gasteiger partial charge in [-0.1, -0.05) is 48.7 Å². The summed E-state index contributed by atoms with van der Waals surface area (Å²) in [5.74, 6) is -0.448. The third-order valence-electron chi connectivity index (χ3n) is 4.99. The first-order valence-electron chi connectivity index (χ1n) is 9.19. The summed E-state index contributed by atoms with van der Waals surface area (Å²) in [7, 11) is 0. The average molecular weight is 410 g/mol. The molecule has 1 amide bonds. The lowest BCUT2D eigenvalue weighted by Crippen LogP contribution is -2.11. The third-order valence-corrected chi connectivity index (χ3v) is 5.60. The number of aryl methyl sites for hydroxylation is 1. The van der Waals surface area contributed by atoms with Crippen LogP contribution in [0, 0.1) is 6.07 Å². The molecule has 1 aromatic heterocycles. The third kappa shape index (κ3) is 3.25. The molecule has 5 heteroatoms. The number of benzene rings is 3. The van der Waals surface area contributed by atoms with Crippen molar-refractivity contribution in [1.82, 2.24) is 4.57 Å². The topological polar surface area (TPSA) is 48.0 Å². The number of hydrogen-bond acceptors (Lipinski definition) is 1. The van der Waals surface area contributed by atoms with Gasteiger partial charge < -0.3 is 10.3 Å². The molecule has 0 aliphatic carbocycles. The lowest BCUT2D eigenvalue weighted by Gasteiger charge is -2.11. The molecule has 0 spiro atoms. The van der Waals surface area contributed by atoms with Gasteiger partial charge in [-0.2, -0.15) is 0 Å². The number of fused-ring (bicyclic) bond motifs is 3. The zero-order valence-corrected chi connectivity index (χ0v) is 16.9. The van der Waals surface area contributed by atoms with Gasteiger partial charge in [0, 0.05) is 32.9 Å². The van der Waals surface area contributed by atoms with Crippen LogP contribution in [0.3, 0.4) is 0 Å². The molecule has 4 aromatic rings. The monoisotopic (exact) mass is 409 g/mol. The number of carbonyl (C=O) groups is 1. The van der Waals surface area contributed by atoms with Crippen molar-refractivity contribution in [3.05, 3.63) is 81.3 Å². The Bertz CT molecular complexity index is 1210. The molecule has 2 N–H and O–H groups in total. The van der Waals surface area contributed by atoms with Crippen molar-refractivity contribution >= 4 is 50.9 Å². The van der Waals surface area contributed by atoms with Crippen molar-refractivity contribution in [1.29, 1.82) is 0 Å². The molecule has 3 nitrogen and oxygen atoms in total. The molecule has 0 aliphatic rings. The second-order valence-electron chi connectivity index (χ2n) is 6.90. The fourth-order valence-corrected chi connectivity index (χ4v) is 4.11. The van der Waals surface area contributed by atoms with Crippen LogP contribution in [0.2, 0.25) is 10.0 Å². The number of primary amides is 1. The van der Waals surface area contributed by atoms with Crippen molar-refractivity contribution < 1.29 is 4.79 Å². The first-order valence-corrected chi connectivity index (χ1v) is 9.94. The number of rotatable bonds is 5. The highest BCUT2D eigenvalue weighted by atomic mass is 35.5. The van der Waals surface area contributed by atoms with Crippen LogP contribution in [0.15, 0.2) is 48.5 Å². The zero-order valence-electron chi connectivity index (χ0n) is 15.4. The van der Waals surface area contributed by atoms with Crippen LogP contribution in [0.1, 0.15) is 34.8 Å². The molecule has 28 heavy (non-hydrogen) atoms. The van der Waals surface area contributed by atoms with E-state index >= 15 is 0 Å². The van der Waals surface area contributed by atoms with Gasteiger partial charge in [0.2, 0.25) is 5.91 Å². The van der Waals surface area contributed by atoms with Gasteiger partial charge >= 0.3 is 0 Å². The van der Waals surface area contributed by atoms with Gasteiger partial charge in [-0.05, 0) is 60.0 Å². The summed E-state index contributed by atoms with van der Waals surface area (Å²) in [5.41, 5.74) is 10.2. The highest BCUT2D eigenvalue weighted by Crippen LogP contribution is 2.34. The normalized spacial score (nSPS) is 11.4. The Morgan fingerprint density at radius 3 is 2.71 bits per heavy atom. The highest BCUT2D eigenvalue weighted by molar-refractivity contribution is 6.33. The van der Waals surface area contributed by atoms with Crippen LogP contribution in [0.25, 0.3) is 21.8 Å². The van der Waals surface area contributed by atoms with Gasteiger partial charge in [-0.25, -0.2) is 0 Å². The molecular formula is C23H19Cl2N2O. The molecule has 0 bridgehead atoms. The van der Waals surface area contributed by atoms with E-state index in [2.05, 4.69) is 23.6 Å². The molecule has 4 rings (SSSR count). The number of nitrogens with zero attached hydrogens (tertiary/aromatic N) is 1. The number of hydrogen-bond donors (Lipinski definition) is 1. The number of aromatic nitrogens is 1. The van der Waals surface area contributed by atoms with Crippen LogP contribution >= 0.6 is 23.2 Å². The molecule has 0 atom stereocenters. The second-order valence-corrected chi connectivity index (χ2v) is 7.75. The Morgan fingerprint density at radius 2 is 1.96 bits per heavy atom. The van der Waals surface area contributed by atoms with E-state index < -0.39 is 5.91 Å². The van der Waals surface area contributed by atoms with Crippen molar-refractivity contribution in [2.24, 2.45) is 5.73 Å². The molecule has 1 radical (unpaired) electrons. The molecule has 141 valence electrons. The molecule has 0 saturated heterocycles. The Morgan fingerprint density at radius 1 is 1.14 bits per heavy atom. The summed E-state index contributed by atoms with van der Waals surface area (Å²) in [6.45, 7) is 2.68. The largest absolute Gasteiger partial charge is 0.366 e. The first-order chi connectivity index (χ1) is 13.5. The molecule has 1 heterocycles. The number of amides is 1. The molecule has 0 unspecified atom stereocenters. The maximum absolute atomic E-state index is 12.1. The summed E-state index contributed by atoms with van der Waals surface area (Å²) < 4.78 is 2.16. The van der Waals surface area contributed by atoms with Crippen molar-refractivity contribution in [2.45, 2.75) is 26.3 Å². The number of nitrogens with two attached hydrogens (primary N) is 1. The standard InChI is InChI=1S/C23H19Cl2N2O/c1-2-4-14-7-9-17-21(11-14)27(13-15-12-16(24)8-10-19(15)25)20-6-3-5-18(22(17)20)23(26)28/h3,5-8,10-12H,2,4,13H2,1H3,(H2,26,28). The van der Waals surface area contributed by atoms with Crippen LogP contribution in [-0.2, 0) is 13.0 Å².